The molecule has 0 aromatic carbocycles. The molecular weight excluding hydrogens is 468 g/mol. The molecule has 0 bridgehead atoms. The first kappa shape index (κ1) is 33.5. The van der Waals surface area contributed by atoms with Crippen LogP contribution in [0.15, 0.2) is 0 Å². The number of fused-ring (bicyclic) bond motifs is 2. The lowest BCUT2D eigenvalue weighted by Gasteiger charge is -2.34. The fourth-order valence-corrected chi connectivity index (χ4v) is 10.8. The molecule has 0 saturated heterocycles. The molecule has 10 unspecified atom stereocenters. The van der Waals surface area contributed by atoms with Gasteiger partial charge in [-0.2, -0.15) is 0 Å². The summed E-state index contributed by atoms with van der Waals surface area (Å²) in [6, 6.07) is 0. The quantitative estimate of drug-likeness (QED) is 0.257. The standard InChI is InChI=1S/2C14H26.C11H22/c1-3-5-11-6-9-14-12(4-2)7-8-13(14)10-11;1-3-5-11-6-7-13-9-8-12(4-2)14(13)10-11;1-3-5-10-7-8-11(9-10)6-4-2/h2*11-14H,3-10H2,1-2H3;10-11H,3-9H2,1-2H3. The van der Waals surface area contributed by atoms with E-state index in [1.807, 2.05) is 0 Å². The summed E-state index contributed by atoms with van der Waals surface area (Å²) in [6.45, 7) is 14.1. The average Bonchev–Trinajstić information content (AvgIpc) is 3.68. The van der Waals surface area contributed by atoms with Gasteiger partial charge in [-0.3, -0.25) is 0 Å². The van der Waals surface area contributed by atoms with Crippen molar-refractivity contribution in [2.75, 3.05) is 0 Å². The van der Waals surface area contributed by atoms with Gasteiger partial charge in [0.2, 0.25) is 0 Å². The van der Waals surface area contributed by atoms with Crippen LogP contribution in [0.4, 0.5) is 0 Å². The van der Waals surface area contributed by atoms with Crippen molar-refractivity contribution in [2.45, 2.75) is 189 Å². The topological polar surface area (TPSA) is 0 Å². The van der Waals surface area contributed by atoms with E-state index in [2.05, 4.69) is 41.5 Å². The molecule has 5 aliphatic rings. The highest BCUT2D eigenvalue weighted by molar-refractivity contribution is 4.90. The van der Waals surface area contributed by atoms with E-state index in [1.165, 1.54) is 77.0 Å². The fraction of sp³-hybridized carbons (Fsp3) is 1.00. The predicted octanol–water partition coefficient (Wildman–Crippen LogP) is 13.3. The van der Waals surface area contributed by atoms with E-state index in [0.717, 1.165) is 59.2 Å². The van der Waals surface area contributed by atoms with Crippen LogP contribution in [-0.2, 0) is 0 Å². The summed E-state index contributed by atoms with van der Waals surface area (Å²) >= 11 is 0. The van der Waals surface area contributed by atoms with Crippen LogP contribution >= 0.6 is 0 Å². The number of hydrogen-bond acceptors (Lipinski definition) is 0. The van der Waals surface area contributed by atoms with Crippen LogP contribution in [-0.4, -0.2) is 0 Å². The van der Waals surface area contributed by atoms with Gasteiger partial charge in [-0.1, -0.05) is 131 Å². The Labute approximate surface area is 248 Å². The van der Waals surface area contributed by atoms with Crippen molar-refractivity contribution in [3.8, 4) is 0 Å². The van der Waals surface area contributed by atoms with Gasteiger partial charge < -0.3 is 0 Å². The third-order valence-electron chi connectivity index (χ3n) is 12.8. The van der Waals surface area contributed by atoms with Gasteiger partial charge in [0.15, 0.2) is 0 Å². The summed E-state index contributed by atoms with van der Waals surface area (Å²) in [5.41, 5.74) is 0. The third kappa shape index (κ3) is 10.3. The van der Waals surface area contributed by atoms with E-state index < -0.39 is 0 Å². The molecule has 39 heavy (non-hydrogen) atoms. The highest BCUT2D eigenvalue weighted by Crippen LogP contribution is 2.50. The highest BCUT2D eigenvalue weighted by Gasteiger charge is 2.39. The van der Waals surface area contributed by atoms with Crippen LogP contribution in [0.5, 0.6) is 0 Å². The summed E-state index contributed by atoms with van der Waals surface area (Å²) < 4.78 is 0. The SMILES string of the molecule is CCCC1CCC(CCC)C1.CCCC1CCC2C(CC)CCC2C1.CCCC1CCC2CCC(CC)C2C1. The minimum Gasteiger partial charge on any atom is -0.0654 e. The molecule has 0 amide bonds. The molecule has 0 radical (unpaired) electrons. The summed E-state index contributed by atoms with van der Waals surface area (Å²) in [6.07, 6.45) is 34.6. The minimum atomic E-state index is 1.09. The lowest BCUT2D eigenvalue weighted by atomic mass is 9.71. The summed E-state index contributed by atoms with van der Waals surface area (Å²) in [4.78, 5) is 0. The Kier molecular flexibility index (Phi) is 15.9. The largest absolute Gasteiger partial charge is 0.0654 e. The van der Waals surface area contributed by atoms with Gasteiger partial charge in [0.25, 0.3) is 0 Å². The Balaban J connectivity index is 0.000000163. The van der Waals surface area contributed by atoms with Gasteiger partial charge in [0.1, 0.15) is 0 Å². The van der Waals surface area contributed by atoms with Crippen LogP contribution in [0.25, 0.3) is 0 Å². The molecule has 5 aliphatic carbocycles. The molecule has 0 heteroatoms. The molecule has 5 saturated carbocycles. The molecule has 0 aliphatic heterocycles. The summed E-state index contributed by atoms with van der Waals surface area (Å²) in [5.74, 6) is 11.1. The van der Waals surface area contributed by atoms with Crippen molar-refractivity contribution in [3.05, 3.63) is 0 Å². The van der Waals surface area contributed by atoms with Crippen molar-refractivity contribution in [3.63, 3.8) is 0 Å². The van der Waals surface area contributed by atoms with Crippen LogP contribution in [0, 0.1) is 59.2 Å². The molecular formula is C39H74. The Morgan fingerprint density at radius 2 is 0.769 bits per heavy atom. The van der Waals surface area contributed by atoms with Gasteiger partial charge in [-0.15, -0.1) is 0 Å². The van der Waals surface area contributed by atoms with Gasteiger partial charge in [0.05, 0.1) is 0 Å². The first-order valence-corrected chi connectivity index (χ1v) is 19.1. The average molecular weight is 543 g/mol. The smallest absolute Gasteiger partial charge is 0.0355 e. The zero-order valence-corrected chi connectivity index (χ0v) is 28.0. The normalized spacial score (nSPS) is 39.2. The maximum Gasteiger partial charge on any atom is -0.0355 e. The zero-order valence-electron chi connectivity index (χ0n) is 28.0. The van der Waals surface area contributed by atoms with E-state index >= 15 is 0 Å². The molecule has 230 valence electrons. The van der Waals surface area contributed by atoms with Crippen LogP contribution in [0.2, 0.25) is 0 Å². The summed E-state index contributed by atoms with van der Waals surface area (Å²) in [7, 11) is 0. The Hall–Kier alpha value is 0. The van der Waals surface area contributed by atoms with Gasteiger partial charge in [0, 0.05) is 0 Å². The third-order valence-corrected chi connectivity index (χ3v) is 12.8. The lowest BCUT2D eigenvalue weighted by Crippen LogP contribution is -2.24. The number of rotatable bonds is 10. The minimum absolute atomic E-state index is 1.09. The van der Waals surface area contributed by atoms with E-state index in [1.54, 1.807) is 70.6 Å². The Morgan fingerprint density at radius 3 is 1.31 bits per heavy atom. The van der Waals surface area contributed by atoms with Gasteiger partial charge >= 0.3 is 0 Å². The second-order valence-electron chi connectivity index (χ2n) is 15.4. The molecule has 10 atom stereocenters. The molecule has 0 nitrogen and oxygen atoms in total. The van der Waals surface area contributed by atoms with E-state index in [0.29, 0.717) is 0 Å². The first-order valence-electron chi connectivity index (χ1n) is 19.1. The maximum absolute atomic E-state index is 2.40. The Morgan fingerprint density at radius 1 is 0.359 bits per heavy atom. The van der Waals surface area contributed by atoms with E-state index in [9.17, 15) is 0 Å². The molecule has 0 aromatic heterocycles. The molecule has 0 heterocycles. The summed E-state index contributed by atoms with van der Waals surface area (Å²) in [5, 5.41) is 0. The van der Waals surface area contributed by atoms with E-state index in [-0.39, 0.29) is 0 Å². The molecule has 0 N–H and O–H groups in total. The van der Waals surface area contributed by atoms with Gasteiger partial charge in [-0.25, -0.2) is 0 Å². The van der Waals surface area contributed by atoms with Crippen LogP contribution < -0.4 is 0 Å². The van der Waals surface area contributed by atoms with Crippen LogP contribution in [0.3, 0.4) is 0 Å². The monoisotopic (exact) mass is 543 g/mol. The molecule has 5 fully saturated rings. The van der Waals surface area contributed by atoms with Gasteiger partial charge in [-0.05, 0) is 117 Å². The van der Waals surface area contributed by atoms with Crippen molar-refractivity contribution in [1.29, 1.82) is 0 Å². The maximum atomic E-state index is 2.40. The highest BCUT2D eigenvalue weighted by atomic mass is 14.4. The number of hydrogen-bond donors (Lipinski definition) is 0. The lowest BCUT2D eigenvalue weighted by molar-refractivity contribution is 0.163. The second-order valence-corrected chi connectivity index (χ2v) is 15.4. The fourth-order valence-electron chi connectivity index (χ4n) is 10.8. The van der Waals surface area contributed by atoms with Crippen molar-refractivity contribution >= 4 is 0 Å². The van der Waals surface area contributed by atoms with Crippen molar-refractivity contribution in [1.82, 2.24) is 0 Å². The van der Waals surface area contributed by atoms with Crippen LogP contribution in [0.1, 0.15) is 189 Å². The van der Waals surface area contributed by atoms with E-state index in [4.69, 9.17) is 0 Å². The second kappa shape index (κ2) is 18.5. The molecule has 5 rings (SSSR count). The first-order chi connectivity index (χ1) is 19.1. The predicted molar refractivity (Wildman–Crippen MR) is 175 cm³/mol. The van der Waals surface area contributed by atoms with Crippen molar-refractivity contribution < 1.29 is 0 Å². The zero-order chi connectivity index (χ0) is 28.0. The molecule has 0 aromatic rings. The van der Waals surface area contributed by atoms with Crippen molar-refractivity contribution in [2.24, 2.45) is 59.2 Å². The Bertz CT molecular complexity index is 589. The molecule has 0 spiro atoms.